The zero-order chi connectivity index (χ0) is 5.82. The van der Waals surface area contributed by atoms with Gasteiger partial charge in [0.2, 0.25) is 0 Å². The van der Waals surface area contributed by atoms with Gasteiger partial charge in [-0.05, 0) is 25.3 Å². The Morgan fingerprint density at radius 2 is 2.50 bits per heavy atom. The molecule has 0 heteroatoms. The molecule has 42 valence electrons. The second-order valence-electron chi connectivity index (χ2n) is 1.97. The minimum Gasteiger partial charge on any atom is -0.0982 e. The van der Waals surface area contributed by atoms with Gasteiger partial charge < -0.3 is 0 Å². The van der Waals surface area contributed by atoms with E-state index in [4.69, 9.17) is 0 Å². The van der Waals surface area contributed by atoms with Crippen LogP contribution in [0.5, 0.6) is 0 Å². The van der Waals surface area contributed by atoms with Gasteiger partial charge in [-0.25, -0.2) is 0 Å². The fraction of sp³-hybridized carbons (Fsp3) is 0.500. The molecule has 0 atom stereocenters. The third kappa shape index (κ3) is 1.13. The van der Waals surface area contributed by atoms with Crippen LogP contribution in [0.25, 0.3) is 0 Å². The first-order chi connectivity index (χ1) is 3.93. The molecule has 0 N–H and O–H groups in total. The van der Waals surface area contributed by atoms with Gasteiger partial charge in [-0.1, -0.05) is 17.9 Å². The molecule has 0 nitrogen and oxygen atoms in total. The van der Waals surface area contributed by atoms with Gasteiger partial charge >= 0.3 is 0 Å². The summed E-state index contributed by atoms with van der Waals surface area (Å²) in [7, 11) is 0. The van der Waals surface area contributed by atoms with Crippen LogP contribution in [-0.2, 0) is 0 Å². The quantitative estimate of drug-likeness (QED) is 0.415. The summed E-state index contributed by atoms with van der Waals surface area (Å²) in [6.07, 6.45) is 5.65. The topological polar surface area (TPSA) is 0 Å². The van der Waals surface area contributed by atoms with Crippen LogP contribution in [0.3, 0.4) is 0 Å². The van der Waals surface area contributed by atoms with Crippen molar-refractivity contribution in [1.29, 1.82) is 0 Å². The van der Waals surface area contributed by atoms with Crippen LogP contribution in [0.2, 0.25) is 0 Å². The van der Waals surface area contributed by atoms with Crippen LogP contribution < -0.4 is 0 Å². The lowest BCUT2D eigenvalue weighted by atomic mass is 10.1. The molecular formula is C8H10. The highest BCUT2D eigenvalue weighted by atomic mass is 14.0. The molecule has 0 unspecified atom stereocenters. The second kappa shape index (κ2) is 2.57. The zero-order valence-corrected chi connectivity index (χ0v) is 5.20. The van der Waals surface area contributed by atoms with E-state index >= 15 is 0 Å². The summed E-state index contributed by atoms with van der Waals surface area (Å²) in [4.78, 5) is 0. The van der Waals surface area contributed by atoms with Crippen molar-refractivity contribution in [3.05, 3.63) is 11.6 Å². The molecular weight excluding hydrogens is 96.1 g/mol. The van der Waals surface area contributed by atoms with Gasteiger partial charge in [0.1, 0.15) is 0 Å². The van der Waals surface area contributed by atoms with Crippen LogP contribution in [0.4, 0.5) is 0 Å². The Morgan fingerprint density at radius 3 is 2.88 bits per heavy atom. The molecule has 0 saturated carbocycles. The van der Waals surface area contributed by atoms with Crippen molar-refractivity contribution in [2.75, 3.05) is 0 Å². The molecule has 0 spiro atoms. The first kappa shape index (κ1) is 5.44. The van der Waals surface area contributed by atoms with Crippen molar-refractivity contribution in [1.82, 2.24) is 0 Å². The average Bonchev–Trinajstić information content (AvgIpc) is 1.90. The fourth-order valence-electron chi connectivity index (χ4n) is 0.822. The summed E-state index contributed by atoms with van der Waals surface area (Å²) in [5, 5.41) is 0. The highest BCUT2D eigenvalue weighted by Gasteiger charge is 1.94. The molecule has 1 aliphatic rings. The van der Waals surface area contributed by atoms with E-state index in [0.29, 0.717) is 0 Å². The predicted octanol–water partition coefficient (Wildman–Crippen LogP) is 2.12. The maximum absolute atomic E-state index is 3.08. The van der Waals surface area contributed by atoms with Gasteiger partial charge in [-0.3, -0.25) is 0 Å². The molecule has 0 aliphatic heterocycles. The molecule has 0 amide bonds. The van der Waals surface area contributed by atoms with E-state index in [0.717, 1.165) is 6.42 Å². The zero-order valence-electron chi connectivity index (χ0n) is 5.20. The Hall–Kier alpha value is -0.700. The van der Waals surface area contributed by atoms with Crippen molar-refractivity contribution in [3.8, 4) is 11.8 Å². The van der Waals surface area contributed by atoms with Crippen molar-refractivity contribution >= 4 is 0 Å². The molecule has 0 bridgehead atoms. The van der Waals surface area contributed by atoms with E-state index < -0.39 is 0 Å². The van der Waals surface area contributed by atoms with Crippen LogP contribution in [0, 0.1) is 11.8 Å². The molecule has 0 heterocycles. The van der Waals surface area contributed by atoms with Crippen LogP contribution in [-0.4, -0.2) is 0 Å². The summed E-state index contributed by atoms with van der Waals surface area (Å²) in [6, 6.07) is 0. The van der Waals surface area contributed by atoms with Crippen LogP contribution in [0.1, 0.15) is 26.2 Å². The third-order valence-corrected chi connectivity index (χ3v) is 1.35. The highest BCUT2D eigenvalue weighted by molar-refractivity contribution is 5.30. The SMILES string of the molecule is CC=C1C#CCCC1. The number of hydrogen-bond donors (Lipinski definition) is 0. The van der Waals surface area contributed by atoms with Crippen molar-refractivity contribution in [3.63, 3.8) is 0 Å². The van der Waals surface area contributed by atoms with E-state index in [-0.39, 0.29) is 0 Å². The molecule has 1 aliphatic carbocycles. The van der Waals surface area contributed by atoms with E-state index in [2.05, 4.69) is 24.8 Å². The van der Waals surface area contributed by atoms with Crippen LogP contribution >= 0.6 is 0 Å². The van der Waals surface area contributed by atoms with Crippen molar-refractivity contribution < 1.29 is 0 Å². The standard InChI is InChI=1S/C8H10/c1-2-8-6-4-3-5-7-8/h2H,3-4,6H2,1H3. The minimum absolute atomic E-state index is 1.09. The first-order valence-electron chi connectivity index (χ1n) is 3.07. The van der Waals surface area contributed by atoms with Gasteiger partial charge in [-0.15, -0.1) is 0 Å². The Bertz CT molecular complexity index is 153. The summed E-state index contributed by atoms with van der Waals surface area (Å²) < 4.78 is 0. The molecule has 0 saturated heterocycles. The molecule has 0 aromatic carbocycles. The Balaban J connectivity index is 2.65. The predicted molar refractivity (Wildman–Crippen MR) is 35.4 cm³/mol. The van der Waals surface area contributed by atoms with Gasteiger partial charge in [0.25, 0.3) is 0 Å². The van der Waals surface area contributed by atoms with Gasteiger partial charge in [0.05, 0.1) is 0 Å². The van der Waals surface area contributed by atoms with E-state index in [1.165, 1.54) is 18.4 Å². The summed E-state index contributed by atoms with van der Waals surface area (Å²) in [5.74, 6) is 6.15. The number of hydrogen-bond acceptors (Lipinski definition) is 0. The smallest absolute Gasteiger partial charge is 0.00957 e. The van der Waals surface area contributed by atoms with Crippen molar-refractivity contribution in [2.45, 2.75) is 26.2 Å². The lowest BCUT2D eigenvalue weighted by Crippen LogP contribution is -1.84. The van der Waals surface area contributed by atoms with E-state index in [1.54, 1.807) is 0 Å². The molecule has 1 rings (SSSR count). The monoisotopic (exact) mass is 106 g/mol. The molecule has 0 aromatic rings. The van der Waals surface area contributed by atoms with Gasteiger partial charge in [0.15, 0.2) is 0 Å². The van der Waals surface area contributed by atoms with Gasteiger partial charge in [-0.2, -0.15) is 0 Å². The summed E-state index contributed by atoms with van der Waals surface area (Å²) in [5.41, 5.74) is 1.32. The number of rotatable bonds is 0. The average molecular weight is 106 g/mol. The van der Waals surface area contributed by atoms with Gasteiger partial charge in [0, 0.05) is 6.42 Å². The molecule has 0 fully saturated rings. The largest absolute Gasteiger partial charge is 0.0982 e. The minimum atomic E-state index is 1.09. The second-order valence-corrected chi connectivity index (χ2v) is 1.97. The Morgan fingerprint density at radius 1 is 1.62 bits per heavy atom. The molecule has 0 aromatic heterocycles. The fourth-order valence-corrected chi connectivity index (χ4v) is 0.822. The Kier molecular flexibility index (Phi) is 1.75. The lowest BCUT2D eigenvalue weighted by Gasteiger charge is -1.99. The maximum Gasteiger partial charge on any atom is 0.00957 e. The summed E-state index contributed by atoms with van der Waals surface area (Å²) >= 11 is 0. The third-order valence-electron chi connectivity index (χ3n) is 1.35. The first-order valence-corrected chi connectivity index (χ1v) is 3.07. The molecule has 8 heavy (non-hydrogen) atoms. The highest BCUT2D eigenvalue weighted by Crippen LogP contribution is 2.09. The number of allylic oxidation sites excluding steroid dienone is 2. The lowest BCUT2D eigenvalue weighted by molar-refractivity contribution is 0.849. The van der Waals surface area contributed by atoms with Crippen molar-refractivity contribution in [2.24, 2.45) is 0 Å². The maximum atomic E-state index is 3.08. The summed E-state index contributed by atoms with van der Waals surface area (Å²) in [6.45, 7) is 2.05. The van der Waals surface area contributed by atoms with E-state index in [9.17, 15) is 0 Å². The van der Waals surface area contributed by atoms with E-state index in [1.807, 2.05) is 0 Å². The molecule has 0 radical (unpaired) electrons. The Labute approximate surface area is 50.6 Å². The van der Waals surface area contributed by atoms with Crippen LogP contribution in [0.15, 0.2) is 11.6 Å². The normalized spacial score (nSPS) is 22.4.